The zero-order valence-electron chi connectivity index (χ0n) is 9.34. The van der Waals surface area contributed by atoms with E-state index in [-0.39, 0.29) is 0 Å². The Bertz CT molecular complexity index is 132. The summed E-state index contributed by atoms with van der Waals surface area (Å²) in [5, 5.41) is 3.48. The number of hydrogen-bond donors (Lipinski definition) is 1. The molecule has 0 saturated carbocycles. The van der Waals surface area contributed by atoms with Crippen LogP contribution < -0.4 is 5.32 Å². The molecule has 1 fully saturated rings. The molecular formula is C11H24N2. The molecule has 0 aromatic heterocycles. The molecule has 1 rings (SSSR count). The molecule has 0 amide bonds. The first-order valence-electron chi connectivity index (χ1n) is 5.72. The van der Waals surface area contributed by atoms with Gasteiger partial charge in [-0.15, -0.1) is 0 Å². The zero-order valence-corrected chi connectivity index (χ0v) is 9.34. The minimum Gasteiger partial charge on any atom is -0.312 e. The van der Waals surface area contributed by atoms with Crippen LogP contribution in [-0.2, 0) is 0 Å². The average Bonchev–Trinajstić information content (AvgIpc) is 2.14. The highest BCUT2D eigenvalue weighted by atomic mass is 15.2. The van der Waals surface area contributed by atoms with Crippen LogP contribution in [-0.4, -0.2) is 37.1 Å². The molecule has 1 N–H and O–H groups in total. The Labute approximate surface area is 82.7 Å². The van der Waals surface area contributed by atoms with Gasteiger partial charge in [0, 0.05) is 32.2 Å². The molecule has 0 aromatic carbocycles. The molecule has 78 valence electrons. The Hall–Kier alpha value is -0.0800. The van der Waals surface area contributed by atoms with E-state index >= 15 is 0 Å². The van der Waals surface area contributed by atoms with Crippen LogP contribution in [0.5, 0.6) is 0 Å². The van der Waals surface area contributed by atoms with E-state index in [9.17, 15) is 0 Å². The predicted octanol–water partition coefficient (Wildman–Crippen LogP) is 1.72. The summed E-state index contributed by atoms with van der Waals surface area (Å²) >= 11 is 0. The van der Waals surface area contributed by atoms with Gasteiger partial charge in [0.05, 0.1) is 0 Å². The molecule has 0 spiro atoms. The molecule has 1 saturated heterocycles. The van der Waals surface area contributed by atoms with Crippen molar-refractivity contribution in [1.82, 2.24) is 10.2 Å². The summed E-state index contributed by atoms with van der Waals surface area (Å²) in [5.74, 6) is 0.908. The van der Waals surface area contributed by atoms with Crippen LogP contribution >= 0.6 is 0 Å². The van der Waals surface area contributed by atoms with Crippen molar-refractivity contribution >= 4 is 0 Å². The van der Waals surface area contributed by atoms with Gasteiger partial charge in [-0.3, -0.25) is 0 Å². The Morgan fingerprint density at radius 1 is 1.38 bits per heavy atom. The van der Waals surface area contributed by atoms with E-state index in [0.29, 0.717) is 6.04 Å². The van der Waals surface area contributed by atoms with Gasteiger partial charge < -0.3 is 10.2 Å². The molecule has 1 aliphatic heterocycles. The summed E-state index contributed by atoms with van der Waals surface area (Å²) in [6.07, 6.45) is 2.66. The number of rotatable bonds is 4. The molecule has 1 heterocycles. The van der Waals surface area contributed by atoms with Crippen molar-refractivity contribution in [3.05, 3.63) is 0 Å². The maximum absolute atomic E-state index is 3.48. The molecule has 1 atom stereocenters. The summed E-state index contributed by atoms with van der Waals surface area (Å²) in [6.45, 7) is 11.8. The van der Waals surface area contributed by atoms with Gasteiger partial charge in [-0.1, -0.05) is 26.7 Å². The number of nitrogens with zero attached hydrogens (tertiary/aromatic N) is 1. The van der Waals surface area contributed by atoms with Crippen LogP contribution in [0.15, 0.2) is 0 Å². The molecule has 2 heteroatoms. The first-order valence-corrected chi connectivity index (χ1v) is 5.72. The second-order valence-electron chi connectivity index (χ2n) is 4.30. The van der Waals surface area contributed by atoms with Crippen LogP contribution in [0.1, 0.15) is 33.6 Å². The van der Waals surface area contributed by atoms with E-state index in [1.54, 1.807) is 0 Å². The van der Waals surface area contributed by atoms with Crippen molar-refractivity contribution in [3.8, 4) is 0 Å². The third-order valence-electron chi connectivity index (χ3n) is 3.12. The molecule has 13 heavy (non-hydrogen) atoms. The van der Waals surface area contributed by atoms with Crippen LogP contribution in [0.4, 0.5) is 0 Å². The van der Waals surface area contributed by atoms with E-state index in [1.807, 2.05) is 0 Å². The van der Waals surface area contributed by atoms with Crippen LogP contribution in [0, 0.1) is 5.92 Å². The number of piperazine rings is 1. The van der Waals surface area contributed by atoms with E-state index in [4.69, 9.17) is 0 Å². The van der Waals surface area contributed by atoms with Crippen molar-refractivity contribution in [1.29, 1.82) is 0 Å². The van der Waals surface area contributed by atoms with Crippen molar-refractivity contribution in [2.75, 3.05) is 26.2 Å². The summed E-state index contributed by atoms with van der Waals surface area (Å²) in [4.78, 5) is 2.61. The van der Waals surface area contributed by atoms with Crippen LogP contribution in [0.25, 0.3) is 0 Å². The SMILES string of the molecule is CCC(CC)CN1CCN[C@@H](C)C1. The molecular weight excluding hydrogens is 160 g/mol. The summed E-state index contributed by atoms with van der Waals surface area (Å²) in [6, 6.07) is 0.683. The smallest absolute Gasteiger partial charge is 0.0167 e. The third kappa shape index (κ3) is 3.65. The molecule has 0 radical (unpaired) electrons. The standard InChI is InChI=1S/C11H24N2/c1-4-11(5-2)9-13-7-6-12-10(3)8-13/h10-12H,4-9H2,1-3H3/t10-/m0/s1. The highest BCUT2D eigenvalue weighted by Crippen LogP contribution is 2.11. The minimum atomic E-state index is 0.683. The Balaban J connectivity index is 2.26. The molecule has 0 unspecified atom stereocenters. The lowest BCUT2D eigenvalue weighted by Crippen LogP contribution is -2.50. The van der Waals surface area contributed by atoms with E-state index in [0.717, 1.165) is 5.92 Å². The number of hydrogen-bond acceptors (Lipinski definition) is 2. The molecule has 0 aromatic rings. The fraction of sp³-hybridized carbons (Fsp3) is 1.00. The largest absolute Gasteiger partial charge is 0.312 e. The second kappa shape index (κ2) is 5.61. The van der Waals surface area contributed by atoms with Gasteiger partial charge in [0.1, 0.15) is 0 Å². The van der Waals surface area contributed by atoms with Gasteiger partial charge in [0.15, 0.2) is 0 Å². The summed E-state index contributed by atoms with van der Waals surface area (Å²) in [5.41, 5.74) is 0. The van der Waals surface area contributed by atoms with Crippen molar-refractivity contribution in [3.63, 3.8) is 0 Å². The monoisotopic (exact) mass is 184 g/mol. The third-order valence-corrected chi connectivity index (χ3v) is 3.12. The second-order valence-corrected chi connectivity index (χ2v) is 4.30. The topological polar surface area (TPSA) is 15.3 Å². The van der Waals surface area contributed by atoms with Crippen molar-refractivity contribution in [2.24, 2.45) is 5.92 Å². The lowest BCUT2D eigenvalue weighted by molar-refractivity contribution is 0.174. The highest BCUT2D eigenvalue weighted by molar-refractivity contribution is 4.76. The summed E-state index contributed by atoms with van der Waals surface area (Å²) < 4.78 is 0. The molecule has 0 aliphatic carbocycles. The van der Waals surface area contributed by atoms with Crippen molar-refractivity contribution in [2.45, 2.75) is 39.7 Å². The van der Waals surface area contributed by atoms with Crippen molar-refractivity contribution < 1.29 is 0 Å². The highest BCUT2D eigenvalue weighted by Gasteiger charge is 2.17. The molecule has 2 nitrogen and oxygen atoms in total. The first kappa shape index (κ1) is 11.0. The van der Waals surface area contributed by atoms with Crippen LogP contribution in [0.3, 0.4) is 0 Å². The fourth-order valence-corrected chi connectivity index (χ4v) is 2.09. The van der Waals surface area contributed by atoms with Gasteiger partial charge >= 0.3 is 0 Å². The Morgan fingerprint density at radius 2 is 2.08 bits per heavy atom. The van der Waals surface area contributed by atoms with Gasteiger partial charge in [-0.25, -0.2) is 0 Å². The van der Waals surface area contributed by atoms with E-state index in [2.05, 4.69) is 31.0 Å². The maximum Gasteiger partial charge on any atom is 0.0167 e. The van der Waals surface area contributed by atoms with Crippen LogP contribution in [0.2, 0.25) is 0 Å². The minimum absolute atomic E-state index is 0.683. The lowest BCUT2D eigenvalue weighted by atomic mass is 10.0. The van der Waals surface area contributed by atoms with E-state index < -0.39 is 0 Å². The lowest BCUT2D eigenvalue weighted by Gasteiger charge is -2.33. The van der Waals surface area contributed by atoms with Gasteiger partial charge in [-0.05, 0) is 12.8 Å². The predicted molar refractivity (Wildman–Crippen MR) is 58.0 cm³/mol. The van der Waals surface area contributed by atoms with Gasteiger partial charge in [0.2, 0.25) is 0 Å². The fourth-order valence-electron chi connectivity index (χ4n) is 2.09. The number of nitrogens with one attached hydrogen (secondary N) is 1. The van der Waals surface area contributed by atoms with Gasteiger partial charge in [0.25, 0.3) is 0 Å². The average molecular weight is 184 g/mol. The zero-order chi connectivity index (χ0) is 9.68. The Kier molecular flexibility index (Phi) is 4.74. The molecule has 1 aliphatic rings. The normalized spacial score (nSPS) is 25.4. The Morgan fingerprint density at radius 3 is 2.62 bits per heavy atom. The quantitative estimate of drug-likeness (QED) is 0.715. The van der Waals surface area contributed by atoms with Gasteiger partial charge in [-0.2, -0.15) is 0 Å². The summed E-state index contributed by atoms with van der Waals surface area (Å²) in [7, 11) is 0. The maximum atomic E-state index is 3.48. The first-order chi connectivity index (χ1) is 6.26. The molecule has 0 bridgehead atoms. The van der Waals surface area contributed by atoms with E-state index in [1.165, 1.54) is 39.0 Å².